The molecular weight excluding hydrogens is 336 g/mol. The molecule has 0 bridgehead atoms. The van der Waals surface area contributed by atoms with Crippen molar-refractivity contribution >= 4 is 0 Å². The normalized spacial score (nSPS) is 52.1. The molecule has 0 spiro atoms. The number of rotatable bonds is 5. The highest BCUT2D eigenvalue weighted by molar-refractivity contribution is 5.10. The quantitative estimate of drug-likeness (QED) is 0.676. The van der Waals surface area contributed by atoms with Gasteiger partial charge in [-0.15, -0.1) is 0 Å². The fourth-order valence-corrected chi connectivity index (χ4v) is 8.30. The zero-order chi connectivity index (χ0) is 19.3. The van der Waals surface area contributed by atoms with Crippen molar-refractivity contribution in [2.45, 2.75) is 90.6 Å². The predicted molar refractivity (Wildman–Crippen MR) is 108 cm³/mol. The van der Waals surface area contributed by atoms with Crippen LogP contribution in [0.25, 0.3) is 0 Å². The first-order chi connectivity index (χ1) is 12.9. The fraction of sp³-hybridized carbons (Fsp3) is 1.00. The number of fused-ring (bicyclic) bond motifs is 5. The number of aliphatic hydroxyl groups excluding tert-OH is 1. The molecule has 3 heteroatoms. The van der Waals surface area contributed by atoms with Crippen molar-refractivity contribution in [3.8, 4) is 0 Å². The monoisotopic (exact) mass is 378 g/mol. The van der Waals surface area contributed by atoms with E-state index in [-0.39, 0.29) is 17.9 Å². The summed E-state index contributed by atoms with van der Waals surface area (Å²) in [5.41, 5.74) is 0.0544. The van der Waals surface area contributed by atoms with E-state index >= 15 is 0 Å². The van der Waals surface area contributed by atoms with Gasteiger partial charge in [0, 0.05) is 19.1 Å². The molecule has 4 aliphatic carbocycles. The molecule has 0 aromatic carbocycles. The maximum Gasteiger partial charge on any atom is 0.0932 e. The maximum absolute atomic E-state index is 11.4. The van der Waals surface area contributed by atoms with Crippen molar-refractivity contribution in [1.82, 2.24) is 0 Å². The van der Waals surface area contributed by atoms with Gasteiger partial charge in [-0.1, -0.05) is 27.2 Å². The molecule has 0 amide bonds. The molecule has 4 saturated carbocycles. The van der Waals surface area contributed by atoms with E-state index in [2.05, 4.69) is 20.8 Å². The van der Waals surface area contributed by atoms with E-state index in [1.165, 1.54) is 44.9 Å². The third-order valence-corrected chi connectivity index (χ3v) is 9.81. The van der Waals surface area contributed by atoms with Gasteiger partial charge in [0.1, 0.15) is 0 Å². The van der Waals surface area contributed by atoms with Crippen LogP contribution in [0.2, 0.25) is 0 Å². The summed E-state index contributed by atoms with van der Waals surface area (Å²) in [5.74, 6) is 3.15. The molecule has 0 aromatic rings. The Morgan fingerprint density at radius 3 is 2.56 bits per heavy atom. The van der Waals surface area contributed by atoms with E-state index in [0.29, 0.717) is 24.5 Å². The third-order valence-electron chi connectivity index (χ3n) is 9.81. The van der Waals surface area contributed by atoms with E-state index in [4.69, 9.17) is 4.74 Å². The summed E-state index contributed by atoms with van der Waals surface area (Å²) in [6.07, 6.45) is 12.5. The van der Waals surface area contributed by atoms with Gasteiger partial charge in [-0.05, 0) is 92.3 Å². The van der Waals surface area contributed by atoms with Gasteiger partial charge < -0.3 is 14.9 Å². The van der Waals surface area contributed by atoms with Crippen molar-refractivity contribution < 1.29 is 14.9 Å². The van der Waals surface area contributed by atoms with E-state index in [1.54, 1.807) is 0 Å². The van der Waals surface area contributed by atoms with Crippen molar-refractivity contribution in [3.05, 3.63) is 0 Å². The third kappa shape index (κ3) is 3.20. The van der Waals surface area contributed by atoms with Crippen LogP contribution < -0.4 is 0 Å². The number of aliphatic hydroxyl groups is 2. The van der Waals surface area contributed by atoms with E-state index in [9.17, 15) is 10.2 Å². The van der Waals surface area contributed by atoms with Crippen molar-refractivity contribution in [2.75, 3.05) is 19.8 Å². The van der Waals surface area contributed by atoms with Gasteiger partial charge in [0.25, 0.3) is 0 Å². The SMILES string of the molecule is CCCOCC1(O)CC2CC[C@@H]3[C@@H](CC[C@]4(C)CCC[C@@H]34)[C@@]2(C)CC1CO. The van der Waals surface area contributed by atoms with E-state index in [1.807, 2.05) is 0 Å². The smallest absolute Gasteiger partial charge is 0.0932 e. The second-order valence-corrected chi connectivity index (χ2v) is 11.2. The van der Waals surface area contributed by atoms with Gasteiger partial charge in [-0.25, -0.2) is 0 Å². The van der Waals surface area contributed by atoms with Crippen LogP contribution in [0.4, 0.5) is 0 Å². The molecule has 0 saturated heterocycles. The Kier molecular flexibility index (Phi) is 5.44. The van der Waals surface area contributed by atoms with Crippen LogP contribution in [0, 0.1) is 40.4 Å². The van der Waals surface area contributed by atoms with Crippen LogP contribution in [-0.4, -0.2) is 35.6 Å². The van der Waals surface area contributed by atoms with Crippen LogP contribution >= 0.6 is 0 Å². The lowest BCUT2D eigenvalue weighted by Crippen LogP contribution is -2.60. The summed E-state index contributed by atoms with van der Waals surface area (Å²) in [6.45, 7) is 8.37. The first-order valence-corrected chi connectivity index (χ1v) is 11.8. The summed E-state index contributed by atoms with van der Waals surface area (Å²) >= 11 is 0. The Labute approximate surface area is 166 Å². The lowest BCUT2D eigenvalue weighted by molar-refractivity contribution is -0.197. The summed E-state index contributed by atoms with van der Waals surface area (Å²) in [6, 6.07) is 0. The van der Waals surface area contributed by atoms with Gasteiger partial charge in [0.05, 0.1) is 12.2 Å². The lowest BCUT2D eigenvalue weighted by Gasteiger charge is -2.63. The molecule has 0 heterocycles. The number of hydrogen-bond donors (Lipinski definition) is 2. The Balaban J connectivity index is 1.55. The molecule has 4 rings (SSSR count). The molecule has 3 nitrogen and oxygen atoms in total. The van der Waals surface area contributed by atoms with Crippen LogP contribution in [0.5, 0.6) is 0 Å². The van der Waals surface area contributed by atoms with E-state index in [0.717, 1.165) is 37.0 Å². The van der Waals surface area contributed by atoms with Gasteiger partial charge in [-0.2, -0.15) is 0 Å². The van der Waals surface area contributed by atoms with Crippen molar-refractivity contribution in [3.63, 3.8) is 0 Å². The van der Waals surface area contributed by atoms with Gasteiger partial charge in [-0.3, -0.25) is 0 Å². The summed E-state index contributed by atoms with van der Waals surface area (Å²) < 4.78 is 5.79. The summed E-state index contributed by atoms with van der Waals surface area (Å²) in [7, 11) is 0. The van der Waals surface area contributed by atoms with Gasteiger partial charge in [0.15, 0.2) is 0 Å². The molecule has 4 fully saturated rings. The van der Waals surface area contributed by atoms with Crippen LogP contribution in [-0.2, 0) is 4.74 Å². The highest BCUT2D eigenvalue weighted by Gasteiger charge is 2.61. The molecule has 3 unspecified atom stereocenters. The van der Waals surface area contributed by atoms with Gasteiger partial charge in [0.2, 0.25) is 0 Å². The van der Waals surface area contributed by atoms with Crippen molar-refractivity contribution in [1.29, 1.82) is 0 Å². The number of ether oxygens (including phenoxy) is 1. The Hall–Kier alpha value is -0.120. The average molecular weight is 379 g/mol. The molecule has 8 atom stereocenters. The maximum atomic E-state index is 11.4. The minimum Gasteiger partial charge on any atom is -0.396 e. The topological polar surface area (TPSA) is 49.7 Å². The molecule has 2 N–H and O–H groups in total. The largest absolute Gasteiger partial charge is 0.396 e. The van der Waals surface area contributed by atoms with E-state index < -0.39 is 5.60 Å². The highest BCUT2D eigenvalue weighted by Crippen LogP contribution is 2.67. The zero-order valence-electron chi connectivity index (χ0n) is 17.9. The second kappa shape index (κ2) is 7.29. The molecule has 0 aliphatic heterocycles. The molecule has 156 valence electrons. The highest BCUT2D eigenvalue weighted by atomic mass is 16.5. The zero-order valence-corrected chi connectivity index (χ0v) is 17.9. The minimum atomic E-state index is -0.836. The summed E-state index contributed by atoms with van der Waals surface area (Å²) in [4.78, 5) is 0. The molecule has 27 heavy (non-hydrogen) atoms. The lowest BCUT2D eigenvalue weighted by atomic mass is 9.43. The minimum absolute atomic E-state index is 0.0359. The Bertz CT molecular complexity index is 536. The van der Waals surface area contributed by atoms with Crippen LogP contribution in [0.15, 0.2) is 0 Å². The second-order valence-electron chi connectivity index (χ2n) is 11.2. The van der Waals surface area contributed by atoms with Crippen LogP contribution in [0.1, 0.15) is 85.0 Å². The fourth-order valence-electron chi connectivity index (χ4n) is 8.30. The number of hydrogen-bond acceptors (Lipinski definition) is 3. The average Bonchev–Trinajstić information content (AvgIpc) is 3.04. The molecule has 0 radical (unpaired) electrons. The first-order valence-electron chi connectivity index (χ1n) is 11.8. The first kappa shape index (κ1) is 20.2. The summed E-state index contributed by atoms with van der Waals surface area (Å²) in [5, 5.41) is 21.6. The molecule has 0 aromatic heterocycles. The van der Waals surface area contributed by atoms with Crippen molar-refractivity contribution in [2.24, 2.45) is 40.4 Å². The predicted octanol–water partition coefficient (Wildman–Crippen LogP) is 4.80. The molecule has 4 aliphatic rings. The Morgan fingerprint density at radius 2 is 1.81 bits per heavy atom. The molecular formula is C24H42O3. The van der Waals surface area contributed by atoms with Crippen LogP contribution in [0.3, 0.4) is 0 Å². The Morgan fingerprint density at radius 1 is 1.00 bits per heavy atom. The standard InChI is InChI=1S/C24H42O3/c1-4-12-27-16-24(26)14-17-7-8-19-20-6-5-10-22(20,2)11-9-21(19)23(17,3)13-18(24)15-25/h17-21,25-26H,4-16H2,1-3H3/t17?,18?,19-,20-,21+,22-,23-,24?/m0/s1. The van der Waals surface area contributed by atoms with Gasteiger partial charge >= 0.3 is 0 Å².